The minimum atomic E-state index is 0.135. The summed E-state index contributed by atoms with van der Waals surface area (Å²) in [7, 11) is 0. The first-order chi connectivity index (χ1) is 16.7. The lowest BCUT2D eigenvalue weighted by molar-refractivity contribution is -0.460. The normalized spacial score (nSPS) is 13.3. The average molecular weight is 451 g/mol. The van der Waals surface area contributed by atoms with Crippen molar-refractivity contribution in [3.05, 3.63) is 107 Å². The van der Waals surface area contributed by atoms with E-state index in [0.717, 1.165) is 34.4 Å². The van der Waals surface area contributed by atoms with Gasteiger partial charge in [-0.1, -0.05) is 54.6 Å². The first kappa shape index (κ1) is 21.8. The summed E-state index contributed by atoms with van der Waals surface area (Å²) >= 11 is 0. The molecule has 1 aliphatic rings. The van der Waals surface area contributed by atoms with E-state index in [2.05, 4.69) is 81.7 Å². The van der Waals surface area contributed by atoms with Crippen LogP contribution in [0.2, 0.25) is 0 Å². The van der Waals surface area contributed by atoms with Gasteiger partial charge in [-0.2, -0.15) is 4.58 Å². The van der Waals surface area contributed by atoms with Gasteiger partial charge in [-0.15, -0.1) is 0 Å². The van der Waals surface area contributed by atoms with E-state index in [4.69, 9.17) is 5.73 Å². The molecule has 0 saturated heterocycles. The van der Waals surface area contributed by atoms with E-state index < -0.39 is 0 Å². The molecule has 0 saturated carbocycles. The largest absolute Gasteiger partial charge is 0.390 e. The summed E-state index contributed by atoms with van der Waals surface area (Å²) in [6.45, 7) is 2.63. The Morgan fingerprint density at radius 3 is 2.44 bits per heavy atom. The van der Waals surface area contributed by atoms with Gasteiger partial charge < -0.3 is 15.6 Å². The van der Waals surface area contributed by atoms with Gasteiger partial charge in [-0.3, -0.25) is 0 Å². The van der Waals surface area contributed by atoms with Gasteiger partial charge in [0, 0.05) is 43.0 Å². The Labute approximate surface area is 199 Å². The highest BCUT2D eigenvalue weighted by atomic mass is 16.2. The number of amides is 1. The van der Waals surface area contributed by atoms with Crippen molar-refractivity contribution >= 4 is 28.8 Å². The predicted octanol–water partition coefficient (Wildman–Crippen LogP) is 4.23. The van der Waals surface area contributed by atoms with E-state index in [0.29, 0.717) is 26.1 Å². The first-order valence-electron chi connectivity index (χ1n) is 11.5. The molecule has 34 heavy (non-hydrogen) atoms. The number of anilines is 1. The zero-order valence-corrected chi connectivity index (χ0v) is 19.0. The van der Waals surface area contributed by atoms with Gasteiger partial charge in [0.05, 0.1) is 11.9 Å². The number of aromatic nitrogens is 2. The van der Waals surface area contributed by atoms with Gasteiger partial charge in [0.25, 0.3) is 0 Å². The Bertz CT molecular complexity index is 1360. The lowest BCUT2D eigenvalue weighted by Gasteiger charge is -2.10. The average Bonchev–Trinajstić information content (AvgIpc) is 3.29. The number of nitrogens with zero attached hydrogens (tertiary/aromatic N) is 3. The second-order valence-corrected chi connectivity index (χ2v) is 8.53. The molecule has 5 rings (SSSR count). The Balaban J connectivity index is 1.27. The molecule has 0 radical (unpaired) electrons. The zero-order valence-electron chi connectivity index (χ0n) is 19.0. The van der Waals surface area contributed by atoms with Crippen molar-refractivity contribution in [3.8, 4) is 0 Å². The number of carbonyl (C=O) groups is 1. The number of nitrogens with one attached hydrogen (secondary N) is 1. The van der Waals surface area contributed by atoms with Crippen molar-refractivity contribution < 1.29 is 9.37 Å². The van der Waals surface area contributed by atoms with Crippen molar-refractivity contribution in [2.24, 2.45) is 5.73 Å². The molecule has 0 bridgehead atoms. The van der Waals surface area contributed by atoms with Crippen LogP contribution in [0.15, 0.2) is 85.2 Å². The molecule has 0 unspecified atom stereocenters. The fraction of sp³-hybridized carbons (Fsp3) is 0.179. The molecule has 1 amide bonds. The third-order valence-corrected chi connectivity index (χ3v) is 6.16. The molecule has 2 aromatic carbocycles. The van der Waals surface area contributed by atoms with Gasteiger partial charge in [0.2, 0.25) is 0 Å². The van der Waals surface area contributed by atoms with Crippen LogP contribution in [0.3, 0.4) is 0 Å². The fourth-order valence-electron chi connectivity index (χ4n) is 4.20. The topological polar surface area (TPSA) is 75.9 Å². The van der Waals surface area contributed by atoms with Crippen LogP contribution in [-0.2, 0) is 31.0 Å². The number of rotatable bonds is 8. The first-order valence-corrected chi connectivity index (χ1v) is 11.5. The number of nitrogens with two attached hydrogens (primary N) is 1. The molecule has 170 valence electrons. The molecule has 2 aromatic heterocycles. The van der Waals surface area contributed by atoms with E-state index in [1.54, 1.807) is 4.58 Å². The van der Waals surface area contributed by atoms with E-state index in [1.165, 1.54) is 11.1 Å². The molecule has 0 atom stereocenters. The molecule has 0 fully saturated rings. The Hall–Kier alpha value is -4.03. The van der Waals surface area contributed by atoms with Gasteiger partial charge in [0.1, 0.15) is 5.82 Å². The van der Waals surface area contributed by atoms with Crippen LogP contribution in [0.5, 0.6) is 0 Å². The van der Waals surface area contributed by atoms with Crippen molar-refractivity contribution in [3.63, 3.8) is 0 Å². The maximum Gasteiger partial charge on any atom is 0.390 e. The van der Waals surface area contributed by atoms with Crippen LogP contribution >= 0.6 is 0 Å². The highest BCUT2D eigenvalue weighted by Gasteiger charge is 2.18. The third kappa shape index (κ3) is 4.82. The molecular weight excluding hydrogens is 422 g/mol. The summed E-state index contributed by atoms with van der Waals surface area (Å²) < 4.78 is 4.00. The van der Waals surface area contributed by atoms with Crippen LogP contribution < -0.4 is 11.1 Å². The number of fused-ring (bicyclic) bond motifs is 1. The monoisotopic (exact) mass is 450 g/mol. The number of pyridine rings is 1. The minimum Gasteiger partial charge on any atom is -0.365 e. The molecule has 6 heteroatoms. The van der Waals surface area contributed by atoms with Crippen LogP contribution in [0.25, 0.3) is 10.9 Å². The highest BCUT2D eigenvalue weighted by Crippen LogP contribution is 2.24. The van der Waals surface area contributed by atoms with Crippen molar-refractivity contribution in [1.82, 2.24) is 9.55 Å². The number of hydrogen-bond acceptors (Lipinski definition) is 4. The Morgan fingerprint density at radius 2 is 1.68 bits per heavy atom. The Morgan fingerprint density at radius 1 is 0.941 bits per heavy atom. The number of benzene rings is 2. The van der Waals surface area contributed by atoms with Gasteiger partial charge in [0.15, 0.2) is 12.8 Å². The summed E-state index contributed by atoms with van der Waals surface area (Å²) in [6.07, 6.45) is 10.1. The summed E-state index contributed by atoms with van der Waals surface area (Å²) in [6, 6.07) is 21.0. The molecule has 6 nitrogen and oxygen atoms in total. The smallest absolute Gasteiger partial charge is 0.365 e. The van der Waals surface area contributed by atoms with Gasteiger partial charge in [-0.05, 0) is 34.9 Å². The van der Waals surface area contributed by atoms with Crippen molar-refractivity contribution in [2.75, 3.05) is 5.32 Å². The Kier molecular flexibility index (Phi) is 6.31. The molecule has 0 spiro atoms. The lowest BCUT2D eigenvalue weighted by Crippen LogP contribution is -2.22. The molecule has 3 heterocycles. The predicted molar refractivity (Wildman–Crippen MR) is 136 cm³/mol. The number of carbonyl (C=O) groups excluding carboxylic acids is 1. The number of hydrogen-bond donors (Lipinski definition) is 2. The highest BCUT2D eigenvalue weighted by molar-refractivity contribution is 5.90. The SMILES string of the molecule is NCc1ccc(CNc2nccc3c2ccn3Cc2ccc(C[N+]3=CC=CCC3=O)cc2)cc1. The molecule has 0 aliphatic carbocycles. The molecular formula is C28H28N5O+. The third-order valence-electron chi connectivity index (χ3n) is 6.16. The van der Waals surface area contributed by atoms with E-state index in [9.17, 15) is 4.79 Å². The number of allylic oxidation sites excluding steroid dienone is 1. The van der Waals surface area contributed by atoms with Crippen molar-refractivity contribution in [1.29, 1.82) is 0 Å². The summed E-state index contributed by atoms with van der Waals surface area (Å²) in [5.74, 6) is 1.02. The molecule has 3 N–H and O–H groups in total. The second-order valence-electron chi connectivity index (χ2n) is 8.53. The van der Waals surface area contributed by atoms with Crippen molar-refractivity contribution in [2.45, 2.75) is 32.6 Å². The second kappa shape index (κ2) is 9.85. The fourth-order valence-corrected chi connectivity index (χ4v) is 4.20. The van der Waals surface area contributed by atoms with Crippen LogP contribution in [-0.4, -0.2) is 26.2 Å². The molecule has 1 aliphatic heterocycles. The summed E-state index contributed by atoms with van der Waals surface area (Å²) in [4.78, 5) is 16.6. The maximum absolute atomic E-state index is 12.0. The maximum atomic E-state index is 12.0. The van der Waals surface area contributed by atoms with E-state index in [1.807, 2.05) is 24.6 Å². The summed E-state index contributed by atoms with van der Waals surface area (Å²) in [5, 5.41) is 4.57. The standard InChI is InChI=1S/C28H28N5O/c29-17-21-4-6-22(7-5-21)18-31-28-25-13-16-32(26(25)12-14-30-28)19-23-8-10-24(11-9-23)20-33-15-2-1-3-27(33)34/h1-2,4-16H,3,17-20,29H2,(H,30,31)/q+1. The zero-order chi connectivity index (χ0) is 23.3. The lowest BCUT2D eigenvalue weighted by atomic mass is 10.1. The van der Waals surface area contributed by atoms with Gasteiger partial charge >= 0.3 is 5.91 Å². The van der Waals surface area contributed by atoms with E-state index >= 15 is 0 Å². The minimum absolute atomic E-state index is 0.135. The quantitative estimate of drug-likeness (QED) is 0.394. The molecule has 4 aromatic rings. The van der Waals surface area contributed by atoms with Crippen LogP contribution in [0.1, 0.15) is 28.7 Å². The van der Waals surface area contributed by atoms with Crippen LogP contribution in [0, 0.1) is 0 Å². The van der Waals surface area contributed by atoms with Crippen LogP contribution in [0.4, 0.5) is 5.82 Å². The van der Waals surface area contributed by atoms with E-state index in [-0.39, 0.29) is 5.91 Å². The summed E-state index contributed by atoms with van der Waals surface area (Å²) in [5.41, 5.74) is 11.5. The van der Waals surface area contributed by atoms with Gasteiger partial charge in [-0.25, -0.2) is 9.78 Å².